The molecule has 0 aromatic carbocycles. The van der Waals surface area contributed by atoms with E-state index in [9.17, 15) is 0 Å². The number of oxazole rings is 1. The molecule has 0 aliphatic carbocycles. The lowest BCUT2D eigenvalue weighted by Gasteiger charge is -2.18. The van der Waals surface area contributed by atoms with Gasteiger partial charge < -0.3 is 9.32 Å². The van der Waals surface area contributed by atoms with Crippen LogP contribution in [0.3, 0.4) is 0 Å². The molecular weight excluding hydrogens is 164 g/mol. The first-order chi connectivity index (χ1) is 6.02. The van der Waals surface area contributed by atoms with Crippen molar-refractivity contribution in [3.63, 3.8) is 0 Å². The Labute approximate surface area is 79.8 Å². The van der Waals surface area contributed by atoms with Gasteiger partial charge in [0.25, 0.3) is 6.01 Å². The summed E-state index contributed by atoms with van der Waals surface area (Å²) in [6, 6.07) is 1.12. The molecule has 0 unspecified atom stereocenters. The molecule has 3 heteroatoms. The van der Waals surface area contributed by atoms with E-state index in [4.69, 9.17) is 4.42 Å². The first kappa shape index (κ1) is 10.1. The van der Waals surface area contributed by atoms with Crippen molar-refractivity contribution in [3.8, 4) is 0 Å². The highest BCUT2D eigenvalue weighted by Crippen LogP contribution is 2.20. The van der Waals surface area contributed by atoms with Crippen molar-refractivity contribution >= 4 is 6.01 Å². The minimum absolute atomic E-state index is 0.404. The van der Waals surface area contributed by atoms with Crippen molar-refractivity contribution in [2.75, 3.05) is 11.9 Å². The van der Waals surface area contributed by atoms with Gasteiger partial charge in [-0.15, -0.1) is 0 Å². The van der Waals surface area contributed by atoms with Gasteiger partial charge in [0.2, 0.25) is 0 Å². The van der Waals surface area contributed by atoms with Crippen molar-refractivity contribution in [3.05, 3.63) is 12.0 Å². The Balaban J connectivity index is 2.79. The maximum absolute atomic E-state index is 5.58. The first-order valence-electron chi connectivity index (χ1n) is 4.71. The second-order valence-corrected chi connectivity index (χ2v) is 3.90. The van der Waals surface area contributed by atoms with E-state index in [0.29, 0.717) is 18.0 Å². The van der Waals surface area contributed by atoms with Crippen LogP contribution in [-0.2, 0) is 0 Å². The molecule has 13 heavy (non-hydrogen) atoms. The molecule has 0 bridgehead atoms. The molecule has 1 heterocycles. The van der Waals surface area contributed by atoms with Crippen LogP contribution in [0.2, 0.25) is 0 Å². The van der Waals surface area contributed by atoms with E-state index in [1.54, 1.807) is 6.20 Å². The molecule has 0 N–H and O–H groups in total. The predicted octanol–water partition coefficient (Wildman–Crippen LogP) is 2.64. The van der Waals surface area contributed by atoms with Crippen LogP contribution < -0.4 is 4.90 Å². The largest absolute Gasteiger partial charge is 0.428 e. The van der Waals surface area contributed by atoms with Gasteiger partial charge in [-0.1, -0.05) is 13.8 Å². The van der Waals surface area contributed by atoms with E-state index in [1.807, 2.05) is 11.9 Å². The van der Waals surface area contributed by atoms with Crippen molar-refractivity contribution in [2.45, 2.75) is 39.7 Å². The predicted molar refractivity (Wildman–Crippen MR) is 54.1 cm³/mol. The zero-order valence-electron chi connectivity index (χ0n) is 9.03. The van der Waals surface area contributed by atoms with Crippen LogP contribution >= 0.6 is 0 Å². The molecular formula is C10H18N2O. The summed E-state index contributed by atoms with van der Waals surface area (Å²) in [7, 11) is 1.99. The van der Waals surface area contributed by atoms with Gasteiger partial charge >= 0.3 is 0 Å². The minimum atomic E-state index is 0.404. The van der Waals surface area contributed by atoms with Gasteiger partial charge in [0.05, 0.1) is 6.20 Å². The van der Waals surface area contributed by atoms with Crippen LogP contribution in [0.15, 0.2) is 10.6 Å². The standard InChI is InChI=1S/C10H18N2O/c1-7(2)9-6-11-10(13-9)12(5)8(3)4/h6-8H,1-5H3. The third-order valence-corrected chi connectivity index (χ3v) is 2.16. The van der Waals surface area contributed by atoms with Gasteiger partial charge in [-0.25, -0.2) is 4.98 Å². The van der Waals surface area contributed by atoms with Crippen molar-refractivity contribution in [1.82, 2.24) is 4.98 Å². The lowest BCUT2D eigenvalue weighted by molar-refractivity contribution is 0.470. The van der Waals surface area contributed by atoms with E-state index in [0.717, 1.165) is 5.76 Å². The normalized spacial score (nSPS) is 11.3. The number of aromatic nitrogens is 1. The lowest BCUT2D eigenvalue weighted by atomic mass is 10.2. The minimum Gasteiger partial charge on any atom is -0.428 e. The summed E-state index contributed by atoms with van der Waals surface area (Å²) >= 11 is 0. The molecule has 0 amide bonds. The van der Waals surface area contributed by atoms with Crippen LogP contribution in [0.5, 0.6) is 0 Å². The topological polar surface area (TPSA) is 29.3 Å². The average molecular weight is 182 g/mol. The Bertz CT molecular complexity index is 266. The van der Waals surface area contributed by atoms with Gasteiger partial charge in [-0.3, -0.25) is 0 Å². The van der Waals surface area contributed by atoms with E-state index >= 15 is 0 Å². The summed E-state index contributed by atoms with van der Waals surface area (Å²) < 4.78 is 5.58. The van der Waals surface area contributed by atoms with E-state index in [1.165, 1.54) is 0 Å². The highest BCUT2D eigenvalue weighted by molar-refractivity contribution is 5.26. The Morgan fingerprint density at radius 3 is 2.31 bits per heavy atom. The third kappa shape index (κ3) is 2.23. The Morgan fingerprint density at radius 1 is 1.31 bits per heavy atom. The molecule has 3 nitrogen and oxygen atoms in total. The van der Waals surface area contributed by atoms with Crippen molar-refractivity contribution in [1.29, 1.82) is 0 Å². The summed E-state index contributed by atoms with van der Waals surface area (Å²) in [6.07, 6.45) is 1.80. The Hall–Kier alpha value is -0.990. The lowest BCUT2D eigenvalue weighted by Crippen LogP contribution is -2.25. The maximum Gasteiger partial charge on any atom is 0.297 e. The van der Waals surface area contributed by atoms with E-state index in [2.05, 4.69) is 32.7 Å². The smallest absolute Gasteiger partial charge is 0.297 e. The van der Waals surface area contributed by atoms with Gasteiger partial charge in [0, 0.05) is 19.0 Å². The Morgan fingerprint density at radius 2 is 1.92 bits per heavy atom. The zero-order valence-corrected chi connectivity index (χ0v) is 9.03. The number of hydrogen-bond donors (Lipinski definition) is 0. The molecule has 1 rings (SSSR count). The fourth-order valence-electron chi connectivity index (χ4n) is 0.928. The summed E-state index contributed by atoms with van der Waals surface area (Å²) in [5.41, 5.74) is 0. The Kier molecular flexibility index (Phi) is 2.96. The van der Waals surface area contributed by atoms with Crippen molar-refractivity contribution in [2.24, 2.45) is 0 Å². The van der Waals surface area contributed by atoms with Crippen LogP contribution in [-0.4, -0.2) is 18.1 Å². The second-order valence-electron chi connectivity index (χ2n) is 3.90. The summed E-state index contributed by atoms with van der Waals surface area (Å²) in [5.74, 6) is 1.35. The number of hydrogen-bond acceptors (Lipinski definition) is 3. The zero-order chi connectivity index (χ0) is 10.0. The van der Waals surface area contributed by atoms with Gasteiger partial charge in [0.1, 0.15) is 5.76 Å². The first-order valence-corrected chi connectivity index (χ1v) is 4.71. The van der Waals surface area contributed by atoms with Crippen molar-refractivity contribution < 1.29 is 4.42 Å². The molecule has 0 saturated carbocycles. The molecule has 0 aliphatic heterocycles. The second kappa shape index (κ2) is 3.81. The van der Waals surface area contributed by atoms with E-state index < -0.39 is 0 Å². The number of rotatable bonds is 3. The van der Waals surface area contributed by atoms with Gasteiger partial charge in [-0.05, 0) is 13.8 Å². The quantitative estimate of drug-likeness (QED) is 0.719. The van der Waals surface area contributed by atoms with Gasteiger partial charge in [-0.2, -0.15) is 0 Å². The average Bonchev–Trinajstić information content (AvgIpc) is 2.50. The summed E-state index contributed by atoms with van der Waals surface area (Å²) in [6.45, 7) is 8.41. The number of nitrogens with zero attached hydrogens (tertiary/aromatic N) is 2. The highest BCUT2D eigenvalue weighted by Gasteiger charge is 2.12. The molecule has 1 aromatic heterocycles. The molecule has 0 aliphatic rings. The van der Waals surface area contributed by atoms with E-state index in [-0.39, 0.29) is 0 Å². The molecule has 0 saturated heterocycles. The highest BCUT2D eigenvalue weighted by atomic mass is 16.4. The fourth-order valence-corrected chi connectivity index (χ4v) is 0.928. The molecule has 0 atom stereocenters. The summed E-state index contributed by atoms with van der Waals surface area (Å²) in [4.78, 5) is 6.24. The summed E-state index contributed by atoms with van der Waals surface area (Å²) in [5, 5.41) is 0. The van der Waals surface area contributed by atoms with Crippen LogP contribution in [0, 0.1) is 0 Å². The molecule has 0 spiro atoms. The van der Waals surface area contributed by atoms with Crippen LogP contribution in [0.1, 0.15) is 39.4 Å². The molecule has 74 valence electrons. The van der Waals surface area contributed by atoms with Crippen LogP contribution in [0.25, 0.3) is 0 Å². The monoisotopic (exact) mass is 182 g/mol. The molecule has 0 fully saturated rings. The molecule has 0 radical (unpaired) electrons. The SMILES string of the molecule is CC(C)c1cnc(N(C)C(C)C)o1. The molecule has 1 aromatic rings. The van der Waals surface area contributed by atoms with Gasteiger partial charge in [0.15, 0.2) is 0 Å². The fraction of sp³-hybridized carbons (Fsp3) is 0.700. The maximum atomic E-state index is 5.58. The number of anilines is 1. The third-order valence-electron chi connectivity index (χ3n) is 2.16. The van der Waals surface area contributed by atoms with Crippen LogP contribution in [0.4, 0.5) is 6.01 Å².